The molecule has 2 atom stereocenters. The third kappa shape index (κ3) is 2.72. The highest BCUT2D eigenvalue weighted by Crippen LogP contribution is 2.35. The van der Waals surface area contributed by atoms with Crippen molar-refractivity contribution >= 4 is 16.0 Å². The van der Waals surface area contributed by atoms with E-state index in [0.29, 0.717) is 38.0 Å². The van der Waals surface area contributed by atoms with Gasteiger partial charge in [-0.2, -0.15) is 17.0 Å². The number of nitrogens with zero attached hydrogens (tertiary/aromatic N) is 5. The summed E-state index contributed by atoms with van der Waals surface area (Å²) in [7, 11) is -3.25. The van der Waals surface area contributed by atoms with E-state index in [9.17, 15) is 8.42 Å². The quantitative estimate of drug-likeness (QED) is 0.803. The molecule has 23 heavy (non-hydrogen) atoms. The first-order chi connectivity index (χ1) is 11.0. The van der Waals surface area contributed by atoms with Crippen LogP contribution in [0.3, 0.4) is 0 Å². The van der Waals surface area contributed by atoms with Gasteiger partial charge in [-0.1, -0.05) is 0 Å². The van der Waals surface area contributed by atoms with E-state index in [1.54, 1.807) is 14.9 Å². The molecule has 126 valence electrons. The van der Waals surface area contributed by atoms with Crippen LogP contribution in [0.25, 0.3) is 0 Å². The van der Waals surface area contributed by atoms with Crippen LogP contribution in [0.2, 0.25) is 0 Å². The van der Waals surface area contributed by atoms with E-state index in [2.05, 4.69) is 14.9 Å². The summed E-state index contributed by atoms with van der Waals surface area (Å²) in [4.78, 5) is 10.8. The Kier molecular flexibility index (Phi) is 3.78. The molecule has 3 aliphatic heterocycles. The number of hydrogen-bond donors (Lipinski definition) is 0. The zero-order valence-electron chi connectivity index (χ0n) is 13.4. The maximum atomic E-state index is 12.7. The monoisotopic (exact) mass is 337 g/mol. The molecule has 2 unspecified atom stereocenters. The summed E-state index contributed by atoms with van der Waals surface area (Å²) in [5.74, 6) is 1.77. The lowest BCUT2D eigenvalue weighted by atomic mass is 10.0. The van der Waals surface area contributed by atoms with Crippen LogP contribution < -0.4 is 4.90 Å². The summed E-state index contributed by atoms with van der Waals surface area (Å²) in [5.41, 5.74) is 0.963. The molecular weight excluding hydrogens is 314 g/mol. The van der Waals surface area contributed by atoms with Gasteiger partial charge in [0.05, 0.1) is 0 Å². The number of anilines is 1. The molecule has 0 saturated carbocycles. The molecule has 3 fully saturated rings. The van der Waals surface area contributed by atoms with Crippen molar-refractivity contribution in [2.75, 3.05) is 44.2 Å². The number of rotatable bonds is 3. The predicted molar refractivity (Wildman–Crippen MR) is 87.3 cm³/mol. The summed E-state index contributed by atoms with van der Waals surface area (Å²) >= 11 is 0. The first-order valence-corrected chi connectivity index (χ1v) is 9.72. The van der Waals surface area contributed by atoms with E-state index in [4.69, 9.17) is 0 Å². The van der Waals surface area contributed by atoms with Gasteiger partial charge in [-0.15, -0.1) is 0 Å². The Hall–Kier alpha value is -1.25. The van der Waals surface area contributed by atoms with Gasteiger partial charge in [0.15, 0.2) is 0 Å². The Morgan fingerprint density at radius 2 is 1.65 bits per heavy atom. The van der Waals surface area contributed by atoms with Crippen LogP contribution in [-0.2, 0) is 10.2 Å². The maximum Gasteiger partial charge on any atom is 0.281 e. The van der Waals surface area contributed by atoms with Crippen molar-refractivity contribution in [1.82, 2.24) is 18.6 Å². The molecule has 1 aromatic heterocycles. The van der Waals surface area contributed by atoms with Crippen LogP contribution >= 0.6 is 0 Å². The Morgan fingerprint density at radius 3 is 2.26 bits per heavy atom. The second kappa shape index (κ2) is 5.68. The molecule has 0 aliphatic carbocycles. The highest BCUT2D eigenvalue weighted by Gasteiger charge is 2.46. The Labute approximate surface area is 137 Å². The van der Waals surface area contributed by atoms with Crippen molar-refractivity contribution in [3.63, 3.8) is 0 Å². The minimum absolute atomic E-state index is 0.405. The molecule has 0 aromatic carbocycles. The number of fused-ring (bicyclic) bond motifs is 1. The van der Waals surface area contributed by atoms with Gasteiger partial charge in [-0.25, -0.2) is 9.97 Å². The summed E-state index contributed by atoms with van der Waals surface area (Å²) < 4.78 is 28.7. The van der Waals surface area contributed by atoms with Crippen molar-refractivity contribution in [3.8, 4) is 0 Å². The highest BCUT2D eigenvalue weighted by atomic mass is 32.2. The zero-order valence-corrected chi connectivity index (χ0v) is 14.2. The second-order valence-electron chi connectivity index (χ2n) is 6.87. The first kappa shape index (κ1) is 15.3. The van der Waals surface area contributed by atoms with Crippen molar-refractivity contribution < 1.29 is 8.42 Å². The smallest absolute Gasteiger partial charge is 0.281 e. The largest absolute Gasteiger partial charge is 0.356 e. The van der Waals surface area contributed by atoms with Gasteiger partial charge in [0.1, 0.15) is 12.1 Å². The topological polar surface area (TPSA) is 69.6 Å². The lowest BCUT2D eigenvalue weighted by molar-refractivity contribution is 0.385. The van der Waals surface area contributed by atoms with Crippen molar-refractivity contribution in [3.05, 3.63) is 18.1 Å². The van der Waals surface area contributed by atoms with Gasteiger partial charge in [-0.05, 0) is 31.6 Å². The molecule has 0 N–H and O–H groups in total. The average molecular weight is 337 g/mol. The standard InChI is InChI=1S/C15H23N5O2S/c1-12-6-15(17-11-16-12)18-7-13-9-20(10-14(13)8-18)23(21,22)19-4-2-3-5-19/h6,11,13-14H,2-5,7-10H2,1H3. The van der Waals surface area contributed by atoms with Gasteiger partial charge in [0.25, 0.3) is 10.2 Å². The molecule has 3 aliphatic rings. The van der Waals surface area contributed by atoms with Crippen LogP contribution in [-0.4, -0.2) is 66.3 Å². The van der Waals surface area contributed by atoms with Crippen LogP contribution in [0.1, 0.15) is 18.5 Å². The fourth-order valence-corrected chi connectivity index (χ4v) is 5.83. The summed E-state index contributed by atoms with van der Waals surface area (Å²) in [5, 5.41) is 0. The molecule has 0 amide bonds. The molecule has 0 spiro atoms. The average Bonchev–Trinajstić information content (AvgIpc) is 3.23. The SMILES string of the molecule is Cc1cc(N2CC3CN(S(=O)(=O)N4CCCC4)CC3C2)ncn1. The number of aryl methyl sites for hydroxylation is 1. The van der Waals surface area contributed by atoms with E-state index in [1.807, 2.05) is 13.0 Å². The normalized spacial score (nSPS) is 29.3. The first-order valence-electron chi connectivity index (χ1n) is 8.33. The van der Waals surface area contributed by atoms with Crippen molar-refractivity contribution in [2.45, 2.75) is 19.8 Å². The second-order valence-corrected chi connectivity index (χ2v) is 8.80. The predicted octanol–water partition coefficient (Wildman–Crippen LogP) is 0.494. The van der Waals surface area contributed by atoms with E-state index in [0.717, 1.165) is 37.4 Å². The molecule has 4 heterocycles. The number of hydrogen-bond acceptors (Lipinski definition) is 5. The van der Waals surface area contributed by atoms with Gasteiger partial charge >= 0.3 is 0 Å². The third-order valence-corrected chi connectivity index (χ3v) is 7.25. The molecule has 0 radical (unpaired) electrons. The molecule has 8 heteroatoms. The molecule has 0 bridgehead atoms. The molecule has 7 nitrogen and oxygen atoms in total. The van der Waals surface area contributed by atoms with Crippen molar-refractivity contribution in [2.24, 2.45) is 11.8 Å². The lowest BCUT2D eigenvalue weighted by Crippen LogP contribution is -2.42. The van der Waals surface area contributed by atoms with Crippen LogP contribution in [0.15, 0.2) is 12.4 Å². The van der Waals surface area contributed by atoms with Crippen LogP contribution in [0.5, 0.6) is 0 Å². The lowest BCUT2D eigenvalue weighted by Gasteiger charge is -2.25. The van der Waals surface area contributed by atoms with Gasteiger partial charge in [-0.3, -0.25) is 0 Å². The summed E-state index contributed by atoms with van der Waals surface area (Å²) in [6, 6.07) is 2.00. The molecular formula is C15H23N5O2S. The van der Waals surface area contributed by atoms with Gasteiger partial charge < -0.3 is 4.90 Å². The minimum Gasteiger partial charge on any atom is -0.356 e. The summed E-state index contributed by atoms with van der Waals surface area (Å²) in [6.07, 6.45) is 3.57. The Balaban J connectivity index is 1.44. The molecule has 1 aromatic rings. The van der Waals surface area contributed by atoms with E-state index >= 15 is 0 Å². The fraction of sp³-hybridized carbons (Fsp3) is 0.733. The van der Waals surface area contributed by atoms with E-state index < -0.39 is 10.2 Å². The Morgan fingerprint density at radius 1 is 1.00 bits per heavy atom. The van der Waals surface area contributed by atoms with Crippen LogP contribution in [0, 0.1) is 18.8 Å². The fourth-order valence-electron chi connectivity index (χ4n) is 4.02. The molecule has 3 saturated heterocycles. The van der Waals surface area contributed by atoms with E-state index in [1.165, 1.54) is 0 Å². The van der Waals surface area contributed by atoms with Crippen molar-refractivity contribution in [1.29, 1.82) is 0 Å². The van der Waals surface area contributed by atoms with Gasteiger partial charge in [0, 0.05) is 51.0 Å². The molecule has 4 rings (SSSR count). The Bertz CT molecular complexity index is 675. The van der Waals surface area contributed by atoms with Gasteiger partial charge in [0.2, 0.25) is 0 Å². The number of aromatic nitrogens is 2. The third-order valence-electron chi connectivity index (χ3n) is 5.28. The maximum absolute atomic E-state index is 12.7. The minimum atomic E-state index is -3.25. The van der Waals surface area contributed by atoms with Crippen LogP contribution in [0.4, 0.5) is 5.82 Å². The van der Waals surface area contributed by atoms with E-state index in [-0.39, 0.29) is 0 Å². The highest BCUT2D eigenvalue weighted by molar-refractivity contribution is 7.86. The summed E-state index contributed by atoms with van der Waals surface area (Å²) in [6.45, 7) is 6.38. The zero-order chi connectivity index (χ0) is 16.0.